The maximum Gasteiger partial charge on any atom is 0.294 e. The fraction of sp³-hybridized carbons (Fsp3) is 0.429. The fourth-order valence-corrected chi connectivity index (χ4v) is 4.16. The van der Waals surface area contributed by atoms with Gasteiger partial charge in [0.15, 0.2) is 4.34 Å². The number of rotatable bonds is 5. The summed E-state index contributed by atoms with van der Waals surface area (Å²) in [4.78, 5) is 15.2. The third kappa shape index (κ3) is 3.97. The summed E-state index contributed by atoms with van der Waals surface area (Å²) in [7, 11) is 0. The van der Waals surface area contributed by atoms with Crippen LogP contribution in [0, 0.1) is 10.1 Å². The molecule has 10 heteroatoms. The van der Waals surface area contributed by atoms with Crippen LogP contribution in [0.2, 0.25) is 5.02 Å². The third-order valence-corrected chi connectivity index (χ3v) is 5.95. The van der Waals surface area contributed by atoms with Gasteiger partial charge in [0.2, 0.25) is 0 Å². The molecule has 3 rings (SSSR count). The Morgan fingerprint density at radius 3 is 2.71 bits per heavy atom. The van der Waals surface area contributed by atoms with E-state index in [9.17, 15) is 10.1 Å². The minimum absolute atomic E-state index is 0.0599. The first-order valence-electron chi connectivity index (χ1n) is 7.34. The molecule has 1 aromatic carbocycles. The molecule has 7 nitrogen and oxygen atoms in total. The van der Waals surface area contributed by atoms with Crippen LogP contribution in [0.1, 0.15) is 5.01 Å². The number of nitro benzene ring substituents is 1. The molecular formula is C14H16ClN5O2S2. The molecule has 0 atom stereocenters. The number of anilines is 1. The monoisotopic (exact) mass is 385 g/mol. The van der Waals surface area contributed by atoms with Crippen LogP contribution in [-0.2, 0) is 6.54 Å². The normalized spacial score (nSPS) is 15.7. The van der Waals surface area contributed by atoms with E-state index in [1.807, 2.05) is 11.2 Å². The van der Waals surface area contributed by atoms with Crippen molar-refractivity contribution in [2.24, 2.45) is 0 Å². The van der Waals surface area contributed by atoms with Crippen LogP contribution in [0.5, 0.6) is 0 Å². The molecule has 0 aliphatic carbocycles. The van der Waals surface area contributed by atoms with E-state index in [4.69, 9.17) is 11.6 Å². The summed E-state index contributed by atoms with van der Waals surface area (Å²) in [6, 6.07) is 4.83. The van der Waals surface area contributed by atoms with E-state index in [0.717, 1.165) is 42.1 Å². The second-order valence-electron chi connectivity index (χ2n) is 5.32. The molecule has 0 saturated carbocycles. The highest BCUT2D eigenvalue weighted by Crippen LogP contribution is 2.31. The van der Waals surface area contributed by atoms with Crippen molar-refractivity contribution in [3.8, 4) is 0 Å². The molecule has 2 aromatic rings. The van der Waals surface area contributed by atoms with E-state index < -0.39 is 0 Å². The maximum absolute atomic E-state index is 11.2. The van der Waals surface area contributed by atoms with E-state index in [2.05, 4.69) is 15.1 Å². The number of benzene rings is 1. The SMILES string of the molecule is CSc1nnc(CN2CCN(c3ccc(Cl)cc3[N+](=O)[O-])CC2)s1. The highest BCUT2D eigenvalue weighted by Gasteiger charge is 2.24. The largest absolute Gasteiger partial charge is 0.363 e. The van der Waals surface area contributed by atoms with Crippen molar-refractivity contribution >= 4 is 46.1 Å². The van der Waals surface area contributed by atoms with Crippen LogP contribution in [0.3, 0.4) is 0 Å². The lowest BCUT2D eigenvalue weighted by Crippen LogP contribution is -2.46. The predicted molar refractivity (Wildman–Crippen MR) is 97.3 cm³/mol. The Labute approximate surface area is 152 Å². The van der Waals surface area contributed by atoms with Gasteiger partial charge in [-0.05, 0) is 18.4 Å². The number of hydrogen-bond acceptors (Lipinski definition) is 8. The van der Waals surface area contributed by atoms with Crippen molar-refractivity contribution in [1.82, 2.24) is 15.1 Å². The second kappa shape index (κ2) is 7.64. The zero-order chi connectivity index (χ0) is 17.1. The van der Waals surface area contributed by atoms with Crippen molar-refractivity contribution in [3.05, 3.63) is 38.3 Å². The Bertz CT molecular complexity index is 734. The third-order valence-electron chi connectivity index (χ3n) is 3.83. The fourth-order valence-electron chi connectivity index (χ4n) is 2.63. The molecule has 1 aliphatic rings. The summed E-state index contributed by atoms with van der Waals surface area (Å²) in [5.41, 5.74) is 0.689. The smallest absolute Gasteiger partial charge is 0.294 e. The Morgan fingerprint density at radius 1 is 1.33 bits per heavy atom. The predicted octanol–water partition coefficient (Wildman–Crippen LogP) is 3.14. The van der Waals surface area contributed by atoms with Crippen molar-refractivity contribution in [2.45, 2.75) is 10.9 Å². The first-order chi connectivity index (χ1) is 11.6. The van der Waals surface area contributed by atoms with E-state index in [-0.39, 0.29) is 10.6 Å². The van der Waals surface area contributed by atoms with Gasteiger partial charge in [-0.2, -0.15) is 0 Å². The Kier molecular flexibility index (Phi) is 5.54. The molecule has 2 heterocycles. The van der Waals surface area contributed by atoms with E-state index in [1.54, 1.807) is 35.2 Å². The molecule has 0 radical (unpaired) electrons. The number of thioether (sulfide) groups is 1. The van der Waals surface area contributed by atoms with Crippen molar-refractivity contribution < 1.29 is 4.92 Å². The molecular weight excluding hydrogens is 370 g/mol. The second-order valence-corrected chi connectivity index (χ2v) is 7.87. The van der Waals surface area contributed by atoms with Crippen molar-refractivity contribution in [1.29, 1.82) is 0 Å². The minimum atomic E-state index is -0.376. The molecule has 1 aromatic heterocycles. The van der Waals surface area contributed by atoms with Crippen LogP contribution in [0.25, 0.3) is 0 Å². The molecule has 1 fully saturated rings. The first kappa shape index (κ1) is 17.4. The molecule has 0 unspecified atom stereocenters. The summed E-state index contributed by atoms with van der Waals surface area (Å²) in [6.07, 6.45) is 1.99. The summed E-state index contributed by atoms with van der Waals surface area (Å²) >= 11 is 9.09. The van der Waals surface area contributed by atoms with Crippen LogP contribution in [0.15, 0.2) is 22.5 Å². The summed E-state index contributed by atoms with van der Waals surface area (Å²) in [5.74, 6) is 0. The van der Waals surface area contributed by atoms with Gasteiger partial charge in [-0.25, -0.2) is 0 Å². The van der Waals surface area contributed by atoms with Crippen LogP contribution < -0.4 is 4.90 Å². The van der Waals surface area contributed by atoms with Gasteiger partial charge >= 0.3 is 0 Å². The van der Waals surface area contributed by atoms with Crippen LogP contribution in [0.4, 0.5) is 11.4 Å². The summed E-state index contributed by atoms with van der Waals surface area (Å²) in [6.45, 7) is 3.89. The zero-order valence-corrected chi connectivity index (χ0v) is 15.4. The molecule has 0 spiro atoms. The number of nitro groups is 1. The lowest BCUT2D eigenvalue weighted by Gasteiger charge is -2.35. The topological polar surface area (TPSA) is 75.4 Å². The summed E-state index contributed by atoms with van der Waals surface area (Å²) < 4.78 is 0.973. The number of halogens is 1. The highest BCUT2D eigenvalue weighted by molar-refractivity contribution is 8.00. The number of piperazine rings is 1. The number of hydrogen-bond donors (Lipinski definition) is 0. The highest BCUT2D eigenvalue weighted by atomic mass is 35.5. The van der Waals surface area contributed by atoms with Gasteiger partial charge in [0.05, 0.1) is 11.5 Å². The number of nitrogens with zero attached hydrogens (tertiary/aromatic N) is 5. The Morgan fingerprint density at radius 2 is 2.08 bits per heavy atom. The van der Waals surface area contributed by atoms with Gasteiger partial charge < -0.3 is 4.90 Å². The van der Waals surface area contributed by atoms with Gasteiger partial charge in [0.25, 0.3) is 5.69 Å². The number of aromatic nitrogens is 2. The van der Waals surface area contributed by atoms with Gasteiger partial charge in [-0.3, -0.25) is 15.0 Å². The lowest BCUT2D eigenvalue weighted by atomic mass is 10.2. The van der Waals surface area contributed by atoms with E-state index in [0.29, 0.717) is 10.7 Å². The Hall–Kier alpha value is -1.42. The molecule has 1 saturated heterocycles. The zero-order valence-electron chi connectivity index (χ0n) is 13.0. The van der Waals surface area contributed by atoms with Crippen LogP contribution >= 0.6 is 34.7 Å². The van der Waals surface area contributed by atoms with Gasteiger partial charge in [-0.15, -0.1) is 10.2 Å². The first-order valence-corrected chi connectivity index (χ1v) is 9.76. The van der Waals surface area contributed by atoms with E-state index >= 15 is 0 Å². The molecule has 128 valence electrons. The summed E-state index contributed by atoms with van der Waals surface area (Å²) in [5, 5.41) is 20.9. The van der Waals surface area contributed by atoms with Gasteiger partial charge in [0, 0.05) is 37.3 Å². The lowest BCUT2D eigenvalue weighted by molar-refractivity contribution is -0.384. The van der Waals surface area contributed by atoms with Gasteiger partial charge in [0.1, 0.15) is 10.7 Å². The maximum atomic E-state index is 11.2. The molecule has 24 heavy (non-hydrogen) atoms. The quantitative estimate of drug-likeness (QED) is 0.444. The molecule has 0 amide bonds. The Balaban J connectivity index is 1.64. The average molecular weight is 386 g/mol. The average Bonchev–Trinajstić information content (AvgIpc) is 3.03. The molecule has 0 bridgehead atoms. The molecule has 0 N–H and O–H groups in total. The standard InChI is InChI=1S/C14H16ClN5O2S2/c1-23-14-17-16-13(24-14)9-18-4-6-19(7-5-18)11-3-2-10(15)8-12(11)20(21)22/h2-3,8H,4-7,9H2,1H3. The van der Waals surface area contributed by atoms with E-state index in [1.165, 1.54) is 6.07 Å². The van der Waals surface area contributed by atoms with Crippen LogP contribution in [-0.4, -0.2) is 52.5 Å². The van der Waals surface area contributed by atoms with Gasteiger partial charge in [-0.1, -0.05) is 34.7 Å². The molecule has 1 aliphatic heterocycles. The van der Waals surface area contributed by atoms with Crippen molar-refractivity contribution in [2.75, 3.05) is 37.3 Å². The van der Waals surface area contributed by atoms with Crippen molar-refractivity contribution in [3.63, 3.8) is 0 Å². The minimum Gasteiger partial charge on any atom is -0.363 e.